The van der Waals surface area contributed by atoms with Gasteiger partial charge in [0.15, 0.2) is 0 Å². The van der Waals surface area contributed by atoms with Gasteiger partial charge in [-0.3, -0.25) is 0 Å². The van der Waals surface area contributed by atoms with Gasteiger partial charge < -0.3 is 10.4 Å². The Kier molecular flexibility index (Phi) is 3.56. The fourth-order valence-electron chi connectivity index (χ4n) is 1.08. The quantitative estimate of drug-likeness (QED) is 0.717. The van der Waals surface area contributed by atoms with E-state index in [1.165, 1.54) is 5.56 Å². The number of aliphatic hydroxyl groups is 1. The molecule has 0 radical (unpaired) electrons. The van der Waals surface area contributed by atoms with E-state index in [1.54, 1.807) is 11.3 Å². The molecular weight excluding hydrogens is 158 g/mol. The van der Waals surface area contributed by atoms with Crippen molar-refractivity contribution in [2.75, 3.05) is 13.7 Å². The zero-order valence-electron chi connectivity index (χ0n) is 6.58. The summed E-state index contributed by atoms with van der Waals surface area (Å²) in [5, 5.41) is 16.0. The minimum atomic E-state index is 0.237. The van der Waals surface area contributed by atoms with Gasteiger partial charge in [-0.05, 0) is 35.9 Å². The maximum atomic E-state index is 8.73. The topological polar surface area (TPSA) is 32.3 Å². The fraction of sp³-hybridized carbons (Fsp3) is 0.500. The summed E-state index contributed by atoms with van der Waals surface area (Å²) in [7, 11) is 1.91. The van der Waals surface area contributed by atoms with Crippen molar-refractivity contribution in [1.29, 1.82) is 0 Å². The summed E-state index contributed by atoms with van der Waals surface area (Å²) in [4.78, 5) is 0. The monoisotopic (exact) mass is 171 g/mol. The van der Waals surface area contributed by atoms with Crippen molar-refractivity contribution >= 4 is 11.3 Å². The maximum absolute atomic E-state index is 8.73. The van der Waals surface area contributed by atoms with Gasteiger partial charge in [0.25, 0.3) is 0 Å². The van der Waals surface area contributed by atoms with E-state index < -0.39 is 0 Å². The van der Waals surface area contributed by atoms with E-state index in [9.17, 15) is 0 Å². The van der Waals surface area contributed by atoms with E-state index in [1.807, 2.05) is 7.05 Å². The molecule has 1 heterocycles. The molecule has 0 aliphatic heterocycles. The van der Waals surface area contributed by atoms with E-state index in [4.69, 9.17) is 5.11 Å². The van der Waals surface area contributed by atoms with E-state index >= 15 is 0 Å². The molecule has 0 aliphatic carbocycles. The van der Waals surface area contributed by atoms with Gasteiger partial charge in [-0.25, -0.2) is 0 Å². The van der Waals surface area contributed by atoms with Crippen LogP contribution in [0.4, 0.5) is 0 Å². The SMILES string of the molecule is CN[C@H](CCO)c1ccsc1. The number of aliphatic hydroxyl groups excluding tert-OH is 1. The normalized spacial score (nSPS) is 13.3. The highest BCUT2D eigenvalue weighted by Gasteiger charge is 2.07. The largest absolute Gasteiger partial charge is 0.396 e. The van der Waals surface area contributed by atoms with Gasteiger partial charge in [-0.1, -0.05) is 0 Å². The summed E-state index contributed by atoms with van der Waals surface area (Å²) in [6.45, 7) is 0.237. The molecule has 2 nitrogen and oxygen atoms in total. The van der Waals surface area contributed by atoms with Crippen LogP contribution in [0.1, 0.15) is 18.0 Å². The van der Waals surface area contributed by atoms with Crippen molar-refractivity contribution in [2.24, 2.45) is 0 Å². The Labute approximate surface area is 70.9 Å². The summed E-state index contributed by atoms with van der Waals surface area (Å²) in [5.41, 5.74) is 1.27. The third-order valence-corrected chi connectivity index (χ3v) is 2.41. The first-order valence-corrected chi connectivity index (χ1v) is 4.63. The Bertz CT molecular complexity index is 186. The van der Waals surface area contributed by atoms with Crippen LogP contribution in [0.25, 0.3) is 0 Å². The summed E-state index contributed by atoms with van der Waals surface area (Å²) in [6.07, 6.45) is 0.785. The highest BCUT2D eigenvalue weighted by Crippen LogP contribution is 2.18. The lowest BCUT2D eigenvalue weighted by Gasteiger charge is -2.12. The number of nitrogens with one attached hydrogen (secondary N) is 1. The summed E-state index contributed by atoms with van der Waals surface area (Å²) >= 11 is 1.69. The van der Waals surface area contributed by atoms with Gasteiger partial charge in [0.2, 0.25) is 0 Å². The molecule has 0 saturated heterocycles. The first-order valence-electron chi connectivity index (χ1n) is 3.68. The molecule has 0 unspecified atom stereocenters. The van der Waals surface area contributed by atoms with Crippen LogP contribution in [0.5, 0.6) is 0 Å². The Balaban J connectivity index is 2.56. The van der Waals surface area contributed by atoms with Gasteiger partial charge in [0.05, 0.1) is 0 Å². The van der Waals surface area contributed by atoms with Crippen LogP contribution in [0.15, 0.2) is 16.8 Å². The maximum Gasteiger partial charge on any atom is 0.0449 e. The van der Waals surface area contributed by atoms with Gasteiger partial charge in [-0.2, -0.15) is 11.3 Å². The van der Waals surface area contributed by atoms with Crippen molar-refractivity contribution in [1.82, 2.24) is 5.32 Å². The molecule has 1 aromatic rings. The third kappa shape index (κ3) is 2.29. The van der Waals surface area contributed by atoms with Crippen LogP contribution in [-0.4, -0.2) is 18.8 Å². The first kappa shape index (κ1) is 8.71. The molecule has 1 atom stereocenters. The number of rotatable bonds is 4. The Morgan fingerprint density at radius 2 is 2.55 bits per heavy atom. The molecule has 1 rings (SSSR count). The van der Waals surface area contributed by atoms with Crippen LogP contribution in [0, 0.1) is 0 Å². The van der Waals surface area contributed by atoms with Crippen LogP contribution in [0.2, 0.25) is 0 Å². The molecule has 0 spiro atoms. The van der Waals surface area contributed by atoms with Crippen molar-refractivity contribution in [2.45, 2.75) is 12.5 Å². The fourth-order valence-corrected chi connectivity index (χ4v) is 1.79. The van der Waals surface area contributed by atoms with Crippen molar-refractivity contribution < 1.29 is 5.11 Å². The smallest absolute Gasteiger partial charge is 0.0449 e. The third-order valence-electron chi connectivity index (χ3n) is 1.71. The number of thiophene rings is 1. The molecule has 0 bridgehead atoms. The van der Waals surface area contributed by atoms with Gasteiger partial charge in [0, 0.05) is 12.6 Å². The molecule has 2 N–H and O–H groups in total. The van der Waals surface area contributed by atoms with Crippen molar-refractivity contribution in [3.8, 4) is 0 Å². The van der Waals surface area contributed by atoms with E-state index in [0.717, 1.165) is 6.42 Å². The van der Waals surface area contributed by atoms with Crippen LogP contribution in [0.3, 0.4) is 0 Å². The second-order valence-corrected chi connectivity index (χ2v) is 3.19. The van der Waals surface area contributed by atoms with Crippen LogP contribution < -0.4 is 5.32 Å². The molecule has 0 fully saturated rings. The average molecular weight is 171 g/mol. The molecule has 1 aromatic heterocycles. The Morgan fingerprint density at radius 1 is 1.73 bits per heavy atom. The van der Waals surface area contributed by atoms with Gasteiger partial charge in [0.1, 0.15) is 0 Å². The van der Waals surface area contributed by atoms with Gasteiger partial charge >= 0.3 is 0 Å². The molecule has 3 heteroatoms. The van der Waals surface area contributed by atoms with Gasteiger partial charge in [-0.15, -0.1) is 0 Å². The summed E-state index contributed by atoms with van der Waals surface area (Å²) in [6, 6.07) is 2.40. The Morgan fingerprint density at radius 3 is 3.00 bits per heavy atom. The molecule has 62 valence electrons. The average Bonchev–Trinajstić information content (AvgIpc) is 2.52. The predicted molar refractivity (Wildman–Crippen MR) is 47.8 cm³/mol. The molecule has 0 aromatic carbocycles. The summed E-state index contributed by atoms with van der Waals surface area (Å²) in [5.74, 6) is 0. The van der Waals surface area contributed by atoms with Crippen molar-refractivity contribution in [3.63, 3.8) is 0 Å². The van der Waals surface area contributed by atoms with Crippen LogP contribution >= 0.6 is 11.3 Å². The molecule has 0 aliphatic rings. The lowest BCUT2D eigenvalue weighted by Crippen LogP contribution is -2.16. The lowest BCUT2D eigenvalue weighted by molar-refractivity contribution is 0.269. The minimum Gasteiger partial charge on any atom is -0.396 e. The zero-order valence-corrected chi connectivity index (χ0v) is 7.40. The standard InChI is InChI=1S/C8H13NOS/c1-9-8(2-4-10)7-3-5-11-6-7/h3,5-6,8-10H,2,4H2,1H3/t8-/m1/s1. The highest BCUT2D eigenvalue weighted by molar-refractivity contribution is 7.07. The zero-order chi connectivity index (χ0) is 8.10. The van der Waals surface area contributed by atoms with E-state index in [-0.39, 0.29) is 6.61 Å². The summed E-state index contributed by atoms with van der Waals surface area (Å²) < 4.78 is 0. The minimum absolute atomic E-state index is 0.237. The molecule has 0 saturated carbocycles. The van der Waals surface area contributed by atoms with Crippen molar-refractivity contribution in [3.05, 3.63) is 22.4 Å². The molecule has 11 heavy (non-hydrogen) atoms. The number of hydrogen-bond acceptors (Lipinski definition) is 3. The number of hydrogen-bond donors (Lipinski definition) is 2. The highest BCUT2D eigenvalue weighted by atomic mass is 32.1. The second-order valence-electron chi connectivity index (χ2n) is 2.41. The van der Waals surface area contributed by atoms with E-state index in [0.29, 0.717) is 6.04 Å². The van der Waals surface area contributed by atoms with Crippen LogP contribution in [-0.2, 0) is 0 Å². The first-order chi connectivity index (χ1) is 5.38. The lowest BCUT2D eigenvalue weighted by atomic mass is 10.1. The van der Waals surface area contributed by atoms with E-state index in [2.05, 4.69) is 22.1 Å². The Hall–Kier alpha value is -0.380. The molecule has 0 amide bonds. The molecular formula is C8H13NOS. The predicted octanol–water partition coefficient (Wildman–Crippen LogP) is 1.39. The second kappa shape index (κ2) is 4.49.